The minimum Gasteiger partial charge on any atom is -0.381 e. The van der Waals surface area contributed by atoms with Crippen molar-refractivity contribution in [3.63, 3.8) is 0 Å². The first kappa shape index (κ1) is 13.8. The minimum atomic E-state index is 0.692. The van der Waals surface area contributed by atoms with Gasteiger partial charge in [0.25, 0.3) is 0 Å². The van der Waals surface area contributed by atoms with Crippen LogP contribution in [0.2, 0.25) is 0 Å². The van der Waals surface area contributed by atoms with E-state index in [4.69, 9.17) is 4.74 Å². The minimum absolute atomic E-state index is 0.692. The Labute approximate surface area is 101 Å². The van der Waals surface area contributed by atoms with Gasteiger partial charge in [-0.25, -0.2) is 0 Å². The van der Waals surface area contributed by atoms with Crippen LogP contribution in [-0.4, -0.2) is 13.2 Å². The summed E-state index contributed by atoms with van der Waals surface area (Å²) in [7, 11) is 0. The fraction of sp³-hybridized carbons (Fsp3) is 0.867. The maximum atomic E-state index is 5.87. The second kappa shape index (κ2) is 8.81. The normalized spacial score (nSPS) is 22.2. The lowest BCUT2D eigenvalue weighted by atomic mass is 9.96. The number of hydrogen-bond acceptors (Lipinski definition) is 1. The van der Waals surface area contributed by atoms with Crippen LogP contribution in [0.5, 0.6) is 0 Å². The molecule has 1 aliphatic carbocycles. The van der Waals surface area contributed by atoms with Crippen molar-refractivity contribution < 1.29 is 4.74 Å². The molecule has 94 valence electrons. The van der Waals surface area contributed by atoms with E-state index in [2.05, 4.69) is 26.0 Å². The highest BCUT2D eigenvalue weighted by Gasteiger charge is 2.10. The van der Waals surface area contributed by atoms with Gasteiger partial charge in [-0.15, -0.1) is 0 Å². The molecule has 0 fully saturated rings. The molecule has 1 heteroatoms. The molecule has 0 saturated carbocycles. The van der Waals surface area contributed by atoms with Crippen molar-refractivity contribution in [1.29, 1.82) is 0 Å². The smallest absolute Gasteiger partial charge is 0.0528 e. The Morgan fingerprint density at radius 3 is 2.88 bits per heavy atom. The molecule has 2 atom stereocenters. The van der Waals surface area contributed by atoms with E-state index in [1.165, 1.54) is 44.9 Å². The summed E-state index contributed by atoms with van der Waals surface area (Å²) in [4.78, 5) is 0. The van der Waals surface area contributed by atoms with Gasteiger partial charge in [-0.1, -0.05) is 45.3 Å². The summed E-state index contributed by atoms with van der Waals surface area (Å²) in [6.07, 6.45) is 13.9. The number of rotatable bonds is 8. The molecule has 0 aliphatic heterocycles. The Morgan fingerprint density at radius 1 is 1.38 bits per heavy atom. The van der Waals surface area contributed by atoms with E-state index in [9.17, 15) is 0 Å². The molecule has 16 heavy (non-hydrogen) atoms. The van der Waals surface area contributed by atoms with Gasteiger partial charge in [-0.05, 0) is 31.6 Å². The molecular weight excluding hydrogens is 196 g/mol. The maximum absolute atomic E-state index is 5.87. The first-order valence-electron chi connectivity index (χ1n) is 7.11. The molecule has 0 radical (unpaired) electrons. The van der Waals surface area contributed by atoms with Crippen molar-refractivity contribution in [2.24, 2.45) is 11.8 Å². The Kier molecular flexibility index (Phi) is 7.58. The van der Waals surface area contributed by atoms with Gasteiger partial charge in [0.2, 0.25) is 0 Å². The first-order valence-corrected chi connectivity index (χ1v) is 7.11. The summed E-state index contributed by atoms with van der Waals surface area (Å²) in [6.45, 7) is 6.46. The zero-order chi connectivity index (χ0) is 11.6. The molecular formula is C15H28O. The highest BCUT2D eigenvalue weighted by Crippen LogP contribution is 2.18. The molecule has 2 unspecified atom stereocenters. The predicted molar refractivity (Wildman–Crippen MR) is 70.6 cm³/mol. The summed E-state index contributed by atoms with van der Waals surface area (Å²) < 4.78 is 5.87. The van der Waals surface area contributed by atoms with Crippen molar-refractivity contribution in [3.8, 4) is 0 Å². The second-order valence-electron chi connectivity index (χ2n) is 5.07. The highest BCUT2D eigenvalue weighted by molar-refractivity contribution is 4.92. The topological polar surface area (TPSA) is 9.23 Å². The zero-order valence-electron chi connectivity index (χ0n) is 11.1. The van der Waals surface area contributed by atoms with Crippen molar-refractivity contribution in [2.75, 3.05) is 13.2 Å². The Bertz CT molecular complexity index is 186. The van der Waals surface area contributed by atoms with Crippen LogP contribution >= 0.6 is 0 Å². The fourth-order valence-electron chi connectivity index (χ4n) is 2.31. The van der Waals surface area contributed by atoms with Crippen LogP contribution in [0.1, 0.15) is 58.8 Å². The van der Waals surface area contributed by atoms with Gasteiger partial charge >= 0.3 is 0 Å². The van der Waals surface area contributed by atoms with Crippen LogP contribution in [0.4, 0.5) is 0 Å². The van der Waals surface area contributed by atoms with Gasteiger partial charge < -0.3 is 4.74 Å². The quantitative estimate of drug-likeness (QED) is 0.548. The zero-order valence-corrected chi connectivity index (χ0v) is 11.1. The van der Waals surface area contributed by atoms with Gasteiger partial charge in [0.05, 0.1) is 6.61 Å². The highest BCUT2D eigenvalue weighted by atomic mass is 16.5. The molecule has 0 spiro atoms. The van der Waals surface area contributed by atoms with E-state index in [0.717, 1.165) is 19.1 Å². The van der Waals surface area contributed by atoms with Crippen molar-refractivity contribution >= 4 is 0 Å². The molecule has 0 aromatic heterocycles. The molecule has 0 heterocycles. The molecule has 0 aromatic rings. The van der Waals surface area contributed by atoms with Crippen LogP contribution in [0.3, 0.4) is 0 Å². The third kappa shape index (κ3) is 5.69. The summed E-state index contributed by atoms with van der Waals surface area (Å²) in [5, 5.41) is 0. The SMILES string of the molecule is CCCCC(CC)COCC1C=CCCC1. The third-order valence-electron chi connectivity index (χ3n) is 3.58. The predicted octanol–water partition coefficient (Wildman–Crippen LogP) is 4.58. The van der Waals surface area contributed by atoms with E-state index < -0.39 is 0 Å². The number of unbranched alkanes of at least 4 members (excludes halogenated alkanes) is 1. The van der Waals surface area contributed by atoms with E-state index in [0.29, 0.717) is 5.92 Å². The largest absolute Gasteiger partial charge is 0.381 e. The number of hydrogen-bond donors (Lipinski definition) is 0. The summed E-state index contributed by atoms with van der Waals surface area (Å²) in [5.74, 6) is 1.48. The lowest BCUT2D eigenvalue weighted by Crippen LogP contribution is -2.15. The standard InChI is InChI=1S/C15H28O/c1-3-5-9-14(4-2)12-16-13-15-10-7-6-8-11-15/h7,10,14-15H,3-6,8-9,11-13H2,1-2H3. The van der Waals surface area contributed by atoms with Gasteiger partial charge in [-0.2, -0.15) is 0 Å². The molecule has 0 aromatic carbocycles. The molecule has 0 saturated heterocycles. The van der Waals surface area contributed by atoms with Crippen molar-refractivity contribution in [1.82, 2.24) is 0 Å². The molecule has 1 nitrogen and oxygen atoms in total. The van der Waals surface area contributed by atoms with Crippen LogP contribution in [-0.2, 0) is 4.74 Å². The fourth-order valence-corrected chi connectivity index (χ4v) is 2.31. The van der Waals surface area contributed by atoms with Crippen LogP contribution in [0.15, 0.2) is 12.2 Å². The molecule has 0 N–H and O–H groups in total. The summed E-state index contributed by atoms with van der Waals surface area (Å²) in [6, 6.07) is 0. The third-order valence-corrected chi connectivity index (χ3v) is 3.58. The van der Waals surface area contributed by atoms with Crippen LogP contribution in [0.25, 0.3) is 0 Å². The molecule has 1 aliphatic rings. The van der Waals surface area contributed by atoms with Gasteiger partial charge in [0, 0.05) is 12.5 Å². The first-order chi connectivity index (χ1) is 7.86. The Hall–Kier alpha value is -0.300. The molecule has 0 amide bonds. The molecule has 0 bridgehead atoms. The van der Waals surface area contributed by atoms with Crippen LogP contribution < -0.4 is 0 Å². The lowest BCUT2D eigenvalue weighted by molar-refractivity contribution is 0.0740. The summed E-state index contributed by atoms with van der Waals surface area (Å²) >= 11 is 0. The van der Waals surface area contributed by atoms with E-state index >= 15 is 0 Å². The van der Waals surface area contributed by atoms with Gasteiger partial charge in [0.15, 0.2) is 0 Å². The average molecular weight is 224 g/mol. The van der Waals surface area contributed by atoms with E-state index in [1.54, 1.807) is 0 Å². The van der Waals surface area contributed by atoms with Crippen LogP contribution in [0, 0.1) is 11.8 Å². The van der Waals surface area contributed by atoms with Gasteiger partial charge in [-0.3, -0.25) is 0 Å². The van der Waals surface area contributed by atoms with Gasteiger partial charge in [0.1, 0.15) is 0 Å². The van der Waals surface area contributed by atoms with E-state index in [-0.39, 0.29) is 0 Å². The number of allylic oxidation sites excluding steroid dienone is 1. The monoisotopic (exact) mass is 224 g/mol. The Balaban J connectivity index is 2.07. The average Bonchev–Trinajstić information content (AvgIpc) is 2.35. The molecule has 1 rings (SSSR count). The van der Waals surface area contributed by atoms with E-state index in [1.807, 2.05) is 0 Å². The second-order valence-corrected chi connectivity index (χ2v) is 5.07. The number of ether oxygens (including phenoxy) is 1. The lowest BCUT2D eigenvalue weighted by Gasteiger charge is -2.19. The van der Waals surface area contributed by atoms with Crippen molar-refractivity contribution in [3.05, 3.63) is 12.2 Å². The Morgan fingerprint density at radius 2 is 2.25 bits per heavy atom. The summed E-state index contributed by atoms with van der Waals surface area (Å²) in [5.41, 5.74) is 0. The van der Waals surface area contributed by atoms with Crippen molar-refractivity contribution in [2.45, 2.75) is 58.8 Å². The maximum Gasteiger partial charge on any atom is 0.0528 e.